The van der Waals surface area contributed by atoms with Gasteiger partial charge in [-0.15, -0.1) is 0 Å². The molecule has 168 valence electrons. The van der Waals surface area contributed by atoms with E-state index < -0.39 is 0 Å². The van der Waals surface area contributed by atoms with E-state index >= 15 is 0 Å². The molecule has 0 saturated heterocycles. The summed E-state index contributed by atoms with van der Waals surface area (Å²) in [6.45, 7) is 10.4. The highest BCUT2D eigenvalue weighted by Gasteiger charge is 2.26. The van der Waals surface area contributed by atoms with Gasteiger partial charge in [-0.1, -0.05) is 6.92 Å². The van der Waals surface area contributed by atoms with Crippen molar-refractivity contribution in [2.75, 3.05) is 39.3 Å². The average molecular weight is 426 g/mol. The Morgan fingerprint density at radius 1 is 1.06 bits per heavy atom. The predicted octanol–water partition coefficient (Wildman–Crippen LogP) is 5.31. The van der Waals surface area contributed by atoms with Crippen molar-refractivity contribution in [1.29, 1.82) is 0 Å². The highest BCUT2D eigenvalue weighted by Crippen LogP contribution is 2.40. The summed E-state index contributed by atoms with van der Waals surface area (Å²) in [4.78, 5) is 12.0. The summed E-state index contributed by atoms with van der Waals surface area (Å²) in [6, 6.07) is 3.74. The van der Waals surface area contributed by atoms with Gasteiger partial charge in [-0.05, 0) is 57.6 Å². The van der Waals surface area contributed by atoms with Gasteiger partial charge in [-0.2, -0.15) is 0 Å². The molecule has 6 heteroatoms. The fraction of sp³-hybridized carbons (Fsp3) is 0.520. The van der Waals surface area contributed by atoms with Gasteiger partial charge in [0.05, 0.1) is 32.6 Å². The van der Waals surface area contributed by atoms with Crippen LogP contribution in [0.15, 0.2) is 12.1 Å². The molecule has 31 heavy (non-hydrogen) atoms. The van der Waals surface area contributed by atoms with Crippen LogP contribution in [0.3, 0.4) is 0 Å². The van der Waals surface area contributed by atoms with E-state index in [0.717, 1.165) is 59.5 Å². The summed E-state index contributed by atoms with van der Waals surface area (Å²) < 4.78 is 16.7. The monoisotopic (exact) mass is 425 g/mol. The second-order valence-electron chi connectivity index (χ2n) is 8.23. The van der Waals surface area contributed by atoms with E-state index in [1.54, 1.807) is 21.3 Å². The lowest BCUT2D eigenvalue weighted by Gasteiger charge is -2.26. The van der Waals surface area contributed by atoms with E-state index in [1.165, 1.54) is 12.8 Å². The van der Waals surface area contributed by atoms with Gasteiger partial charge in [0.15, 0.2) is 0 Å². The molecule has 0 N–H and O–H groups in total. The van der Waals surface area contributed by atoms with Crippen LogP contribution in [0.2, 0.25) is 0 Å². The van der Waals surface area contributed by atoms with Crippen molar-refractivity contribution in [3.05, 3.63) is 34.8 Å². The first-order valence-corrected chi connectivity index (χ1v) is 11.0. The Hall–Kier alpha value is -2.76. The van der Waals surface area contributed by atoms with E-state index in [2.05, 4.69) is 31.7 Å². The smallest absolute Gasteiger partial charge is 0.135 e. The molecule has 1 aromatic carbocycles. The molecule has 1 aliphatic rings. The van der Waals surface area contributed by atoms with Gasteiger partial charge in [0.1, 0.15) is 28.9 Å². The van der Waals surface area contributed by atoms with Crippen LogP contribution in [0.1, 0.15) is 55.8 Å². The zero-order valence-corrected chi connectivity index (χ0v) is 19.9. The molecule has 0 aliphatic heterocycles. The zero-order chi connectivity index (χ0) is 22.5. The second-order valence-corrected chi connectivity index (χ2v) is 8.23. The molecule has 1 aromatic heterocycles. The number of aromatic nitrogens is 2. The van der Waals surface area contributed by atoms with E-state index in [9.17, 15) is 0 Å². The van der Waals surface area contributed by atoms with Gasteiger partial charge in [0, 0.05) is 30.8 Å². The van der Waals surface area contributed by atoms with Gasteiger partial charge < -0.3 is 19.1 Å². The van der Waals surface area contributed by atoms with E-state index in [4.69, 9.17) is 24.2 Å². The summed E-state index contributed by atoms with van der Waals surface area (Å²) in [7, 11) is 4.95. The van der Waals surface area contributed by atoms with Crippen LogP contribution in [0.5, 0.6) is 17.2 Å². The maximum Gasteiger partial charge on any atom is 0.135 e. The molecule has 2 aromatic rings. The predicted molar refractivity (Wildman–Crippen MR) is 126 cm³/mol. The molecular formula is C25H35N3O3. The van der Waals surface area contributed by atoms with E-state index in [1.807, 2.05) is 19.1 Å². The Bertz CT molecular complexity index is 926. The number of benzene rings is 1. The number of rotatable bonds is 10. The van der Waals surface area contributed by atoms with Crippen molar-refractivity contribution in [3.63, 3.8) is 0 Å². The van der Waals surface area contributed by atoms with Crippen LogP contribution in [-0.2, 0) is 0 Å². The number of allylic oxidation sites excluding steroid dienone is 1. The molecule has 0 atom stereocenters. The highest BCUT2D eigenvalue weighted by molar-refractivity contribution is 5.86. The third-order valence-electron chi connectivity index (χ3n) is 5.70. The Labute approximate surface area is 186 Å². The van der Waals surface area contributed by atoms with Crippen LogP contribution in [0.25, 0.3) is 11.6 Å². The number of aryl methyl sites for hydroxylation is 1. The van der Waals surface area contributed by atoms with Gasteiger partial charge in [0.2, 0.25) is 0 Å². The van der Waals surface area contributed by atoms with Crippen LogP contribution in [0.4, 0.5) is 5.82 Å². The number of anilines is 1. The molecule has 0 amide bonds. The minimum atomic E-state index is 0.692. The van der Waals surface area contributed by atoms with E-state index in [-0.39, 0.29) is 0 Å². The Morgan fingerprint density at radius 3 is 2.23 bits per heavy atom. The lowest BCUT2D eigenvalue weighted by molar-refractivity contribution is 0.373. The first kappa shape index (κ1) is 22.9. The first-order chi connectivity index (χ1) is 14.9. The van der Waals surface area contributed by atoms with Gasteiger partial charge in [-0.25, -0.2) is 9.97 Å². The van der Waals surface area contributed by atoms with Crippen molar-refractivity contribution in [2.24, 2.45) is 5.92 Å². The summed E-state index contributed by atoms with van der Waals surface area (Å²) in [6.07, 6.45) is 5.85. The summed E-state index contributed by atoms with van der Waals surface area (Å²) in [5, 5.41) is 0. The minimum absolute atomic E-state index is 0.692. The summed E-state index contributed by atoms with van der Waals surface area (Å²) in [5.74, 6) is 4.73. The third kappa shape index (κ3) is 5.30. The molecular weight excluding hydrogens is 390 g/mol. The largest absolute Gasteiger partial charge is 0.496 e. The fourth-order valence-corrected chi connectivity index (χ4v) is 3.92. The molecule has 0 bridgehead atoms. The molecule has 1 aliphatic carbocycles. The van der Waals surface area contributed by atoms with Crippen molar-refractivity contribution < 1.29 is 14.2 Å². The Morgan fingerprint density at radius 2 is 1.71 bits per heavy atom. The minimum Gasteiger partial charge on any atom is -0.496 e. The quantitative estimate of drug-likeness (QED) is 0.514. The van der Waals surface area contributed by atoms with Crippen LogP contribution in [0, 0.1) is 19.8 Å². The molecule has 6 nitrogen and oxygen atoms in total. The molecule has 1 fully saturated rings. The van der Waals surface area contributed by atoms with Crippen LogP contribution in [-0.4, -0.2) is 44.4 Å². The lowest BCUT2D eigenvalue weighted by atomic mass is 10.0. The molecule has 1 heterocycles. The summed E-state index contributed by atoms with van der Waals surface area (Å²) in [5.41, 5.74) is 3.93. The number of hydrogen-bond donors (Lipinski definition) is 0. The van der Waals surface area contributed by atoms with Crippen LogP contribution >= 0.6 is 0 Å². The van der Waals surface area contributed by atoms with E-state index in [0.29, 0.717) is 17.2 Å². The topological polar surface area (TPSA) is 56.7 Å². The normalized spacial score (nSPS) is 13.8. The van der Waals surface area contributed by atoms with Crippen molar-refractivity contribution in [2.45, 2.75) is 47.0 Å². The number of methoxy groups -OCH3 is 3. The second kappa shape index (κ2) is 10.0. The van der Waals surface area contributed by atoms with Crippen molar-refractivity contribution in [3.8, 4) is 17.2 Å². The van der Waals surface area contributed by atoms with Gasteiger partial charge in [0.25, 0.3) is 0 Å². The van der Waals surface area contributed by atoms with Crippen LogP contribution < -0.4 is 19.1 Å². The lowest BCUT2D eigenvalue weighted by Crippen LogP contribution is -2.29. The SMILES string of the molecule is CCCN(CC1CC1)c1nc(C)nc(C=C(C)c2c(OC)cc(OC)cc2OC)c1C. The number of nitrogens with zero attached hydrogens (tertiary/aromatic N) is 3. The number of hydrogen-bond acceptors (Lipinski definition) is 6. The maximum absolute atomic E-state index is 5.65. The molecule has 0 spiro atoms. The first-order valence-electron chi connectivity index (χ1n) is 11.0. The highest BCUT2D eigenvalue weighted by atomic mass is 16.5. The maximum atomic E-state index is 5.65. The molecule has 1 saturated carbocycles. The fourth-order valence-electron chi connectivity index (χ4n) is 3.92. The standard InChI is InChI=1S/C25H35N3O3/c1-8-11-28(15-19-9-10-19)25-17(3)21(26-18(4)27-25)12-16(2)24-22(30-6)13-20(29-5)14-23(24)31-7/h12-14,19H,8-11,15H2,1-7H3. The van der Waals surface area contributed by atoms with Gasteiger partial charge in [-0.3, -0.25) is 0 Å². The third-order valence-corrected chi connectivity index (χ3v) is 5.70. The Balaban J connectivity index is 2.06. The summed E-state index contributed by atoms with van der Waals surface area (Å²) >= 11 is 0. The average Bonchev–Trinajstić information content (AvgIpc) is 3.58. The van der Waals surface area contributed by atoms with Gasteiger partial charge >= 0.3 is 0 Å². The Kier molecular flexibility index (Phi) is 7.42. The van der Waals surface area contributed by atoms with Crippen molar-refractivity contribution in [1.82, 2.24) is 9.97 Å². The van der Waals surface area contributed by atoms with Crippen molar-refractivity contribution >= 4 is 17.5 Å². The number of ether oxygens (including phenoxy) is 3. The molecule has 3 rings (SSSR count). The molecule has 0 radical (unpaired) electrons. The zero-order valence-electron chi connectivity index (χ0n) is 19.9. The molecule has 0 unspecified atom stereocenters.